The Morgan fingerprint density at radius 3 is 2.80 bits per heavy atom. The normalized spacial score (nSPS) is 18.8. The molecule has 2 heterocycles. The van der Waals surface area contributed by atoms with Gasteiger partial charge in [0.1, 0.15) is 0 Å². The number of hydrogen-bond acceptors (Lipinski definition) is 3. The molecule has 2 aromatic rings. The monoisotopic (exact) mass is 342 g/mol. The fraction of sp³-hybridized carbons (Fsp3) is 0.474. The second-order valence-corrected chi connectivity index (χ2v) is 6.80. The van der Waals surface area contributed by atoms with Crippen molar-refractivity contribution in [3.8, 4) is 0 Å². The maximum atomic E-state index is 12.3. The van der Waals surface area contributed by atoms with Gasteiger partial charge in [0.15, 0.2) is 0 Å². The summed E-state index contributed by atoms with van der Waals surface area (Å²) < 4.78 is 2.02. The first-order valence-corrected chi connectivity index (χ1v) is 8.86. The smallest absolute Gasteiger partial charge is 0.317 e. The van der Waals surface area contributed by atoms with Crippen LogP contribution in [0.1, 0.15) is 30.9 Å². The van der Waals surface area contributed by atoms with E-state index in [1.807, 2.05) is 27.8 Å². The molecule has 0 radical (unpaired) electrons. The molecule has 25 heavy (non-hydrogen) atoms. The molecule has 0 spiro atoms. The molecule has 0 aliphatic carbocycles. The van der Waals surface area contributed by atoms with Gasteiger partial charge in [0.2, 0.25) is 0 Å². The molecule has 1 aliphatic heterocycles. The molecule has 3 rings (SSSR count). The number of carbonyl (C=O) groups excluding carboxylic acids is 1. The van der Waals surface area contributed by atoms with Crippen molar-refractivity contribution in [2.75, 3.05) is 13.1 Å². The molecule has 2 N–H and O–H groups in total. The second kappa shape index (κ2) is 8.16. The van der Waals surface area contributed by atoms with Crippen molar-refractivity contribution in [1.29, 1.82) is 0 Å². The first-order valence-electron chi connectivity index (χ1n) is 8.86. The van der Waals surface area contributed by atoms with E-state index in [0.717, 1.165) is 31.5 Å². The van der Waals surface area contributed by atoms with Crippen molar-refractivity contribution in [3.63, 3.8) is 0 Å². The lowest BCUT2D eigenvalue weighted by Gasteiger charge is -2.34. The Hall–Kier alpha value is -2.34. The molecule has 6 nitrogen and oxygen atoms in total. The van der Waals surface area contributed by atoms with Gasteiger partial charge in [-0.25, -0.2) is 9.78 Å². The van der Waals surface area contributed by atoms with E-state index in [4.69, 9.17) is 0 Å². The van der Waals surface area contributed by atoms with Gasteiger partial charge in [-0.1, -0.05) is 24.3 Å². The fourth-order valence-corrected chi connectivity index (χ4v) is 3.23. The number of nitrogens with one attached hydrogen (secondary N) is 1. The highest BCUT2D eigenvalue weighted by Gasteiger charge is 2.26. The SMILES string of the molecule is CC(O)C1CCCN(C(=O)NCc2ccc(Cn3ccnc3)cc2)C1. The largest absolute Gasteiger partial charge is 0.393 e. The van der Waals surface area contributed by atoms with Gasteiger partial charge >= 0.3 is 6.03 Å². The Balaban J connectivity index is 1.48. The molecule has 6 heteroatoms. The summed E-state index contributed by atoms with van der Waals surface area (Å²) in [5.41, 5.74) is 2.27. The topological polar surface area (TPSA) is 70.4 Å². The van der Waals surface area contributed by atoms with Crippen molar-refractivity contribution in [3.05, 3.63) is 54.1 Å². The molecule has 1 fully saturated rings. The number of urea groups is 1. The van der Waals surface area contributed by atoms with Gasteiger partial charge in [-0.2, -0.15) is 0 Å². The van der Waals surface area contributed by atoms with Gasteiger partial charge in [0, 0.05) is 44.5 Å². The van der Waals surface area contributed by atoms with E-state index in [2.05, 4.69) is 22.4 Å². The summed E-state index contributed by atoms with van der Waals surface area (Å²) in [7, 11) is 0. The van der Waals surface area contributed by atoms with Crippen LogP contribution in [0.4, 0.5) is 4.79 Å². The number of carbonyl (C=O) groups is 1. The minimum atomic E-state index is -0.362. The predicted molar refractivity (Wildman–Crippen MR) is 96.0 cm³/mol. The first-order chi connectivity index (χ1) is 12.1. The van der Waals surface area contributed by atoms with E-state index in [1.54, 1.807) is 19.4 Å². The zero-order valence-corrected chi connectivity index (χ0v) is 14.6. The molecule has 0 bridgehead atoms. The number of benzene rings is 1. The van der Waals surface area contributed by atoms with Crippen LogP contribution in [0.15, 0.2) is 43.0 Å². The summed E-state index contributed by atoms with van der Waals surface area (Å²) in [6, 6.07) is 8.19. The Kier molecular flexibility index (Phi) is 5.71. The lowest BCUT2D eigenvalue weighted by Crippen LogP contribution is -2.47. The first kappa shape index (κ1) is 17.5. The molecule has 1 aromatic heterocycles. The molecule has 1 aromatic carbocycles. The Labute approximate surface area is 148 Å². The number of imidazole rings is 1. The summed E-state index contributed by atoms with van der Waals surface area (Å²) >= 11 is 0. The third-order valence-electron chi connectivity index (χ3n) is 4.82. The molecular formula is C19H26N4O2. The van der Waals surface area contributed by atoms with E-state index < -0.39 is 0 Å². The Morgan fingerprint density at radius 1 is 1.36 bits per heavy atom. The molecule has 2 atom stereocenters. The Morgan fingerprint density at radius 2 is 2.12 bits per heavy atom. The van der Waals surface area contributed by atoms with Crippen LogP contribution in [0.2, 0.25) is 0 Å². The zero-order chi connectivity index (χ0) is 17.6. The van der Waals surface area contributed by atoms with Gasteiger partial charge < -0.3 is 19.9 Å². The average Bonchev–Trinajstić information content (AvgIpc) is 3.14. The molecular weight excluding hydrogens is 316 g/mol. The van der Waals surface area contributed by atoms with Gasteiger partial charge in [-0.3, -0.25) is 0 Å². The van der Waals surface area contributed by atoms with Crippen LogP contribution < -0.4 is 5.32 Å². The fourth-order valence-electron chi connectivity index (χ4n) is 3.23. The van der Waals surface area contributed by atoms with Crippen LogP contribution in [-0.2, 0) is 13.1 Å². The van der Waals surface area contributed by atoms with Crippen molar-refractivity contribution < 1.29 is 9.90 Å². The minimum Gasteiger partial charge on any atom is -0.393 e. The highest BCUT2D eigenvalue weighted by Crippen LogP contribution is 2.19. The average molecular weight is 342 g/mol. The van der Waals surface area contributed by atoms with E-state index in [9.17, 15) is 9.90 Å². The Bertz CT molecular complexity index is 667. The standard InChI is InChI=1S/C19H26N4O2/c1-15(24)18-3-2-9-23(13-18)19(25)21-11-16-4-6-17(7-5-16)12-22-10-8-20-14-22/h4-8,10,14-15,18,24H,2-3,9,11-13H2,1H3,(H,21,25). The molecule has 1 aliphatic rings. The summed E-state index contributed by atoms with van der Waals surface area (Å²) in [5.74, 6) is 0.182. The molecule has 2 amide bonds. The maximum absolute atomic E-state index is 12.3. The van der Waals surface area contributed by atoms with Gasteiger partial charge in [-0.15, -0.1) is 0 Å². The number of likely N-dealkylation sites (tertiary alicyclic amines) is 1. The summed E-state index contributed by atoms with van der Waals surface area (Å²) in [5, 5.41) is 12.7. The quantitative estimate of drug-likeness (QED) is 0.875. The van der Waals surface area contributed by atoms with Gasteiger partial charge in [-0.05, 0) is 30.9 Å². The molecule has 134 valence electrons. The van der Waals surface area contributed by atoms with Crippen LogP contribution in [-0.4, -0.2) is 44.8 Å². The third kappa shape index (κ3) is 4.82. The van der Waals surface area contributed by atoms with Crippen molar-refractivity contribution in [2.24, 2.45) is 5.92 Å². The third-order valence-corrected chi connectivity index (χ3v) is 4.82. The van der Waals surface area contributed by atoms with Crippen LogP contribution in [0, 0.1) is 5.92 Å². The highest BCUT2D eigenvalue weighted by molar-refractivity contribution is 5.74. The molecule has 2 unspecified atom stereocenters. The number of nitrogens with zero attached hydrogens (tertiary/aromatic N) is 3. The van der Waals surface area contributed by atoms with Gasteiger partial charge in [0.05, 0.1) is 12.4 Å². The number of aromatic nitrogens is 2. The number of rotatable bonds is 5. The number of amides is 2. The predicted octanol–water partition coefficient (Wildman–Crippen LogP) is 2.23. The minimum absolute atomic E-state index is 0.0483. The van der Waals surface area contributed by atoms with E-state index >= 15 is 0 Å². The number of aliphatic hydroxyl groups excluding tert-OH is 1. The summed E-state index contributed by atoms with van der Waals surface area (Å²) in [6.45, 7) is 4.50. The maximum Gasteiger partial charge on any atom is 0.317 e. The number of piperidine rings is 1. The van der Waals surface area contributed by atoms with Crippen molar-refractivity contribution in [2.45, 2.75) is 39.0 Å². The highest BCUT2D eigenvalue weighted by atomic mass is 16.3. The summed E-state index contributed by atoms with van der Waals surface area (Å²) in [4.78, 5) is 18.2. The molecule has 0 saturated carbocycles. The van der Waals surface area contributed by atoms with E-state index in [-0.39, 0.29) is 18.1 Å². The van der Waals surface area contributed by atoms with Crippen LogP contribution >= 0.6 is 0 Å². The van der Waals surface area contributed by atoms with Crippen LogP contribution in [0.5, 0.6) is 0 Å². The lowest BCUT2D eigenvalue weighted by molar-refractivity contribution is 0.0738. The summed E-state index contributed by atoms with van der Waals surface area (Å²) in [6.07, 6.45) is 7.08. The zero-order valence-electron chi connectivity index (χ0n) is 14.6. The van der Waals surface area contributed by atoms with Crippen molar-refractivity contribution >= 4 is 6.03 Å². The van der Waals surface area contributed by atoms with E-state index in [1.165, 1.54) is 5.56 Å². The lowest BCUT2D eigenvalue weighted by atomic mass is 9.94. The van der Waals surface area contributed by atoms with Crippen LogP contribution in [0.25, 0.3) is 0 Å². The van der Waals surface area contributed by atoms with E-state index in [0.29, 0.717) is 13.1 Å². The number of hydrogen-bond donors (Lipinski definition) is 2. The van der Waals surface area contributed by atoms with Gasteiger partial charge in [0.25, 0.3) is 0 Å². The number of aliphatic hydroxyl groups is 1. The second-order valence-electron chi connectivity index (χ2n) is 6.80. The van der Waals surface area contributed by atoms with Crippen molar-refractivity contribution in [1.82, 2.24) is 19.8 Å². The molecule has 1 saturated heterocycles. The van der Waals surface area contributed by atoms with Crippen LogP contribution in [0.3, 0.4) is 0 Å².